The first kappa shape index (κ1) is 17.0. The van der Waals surface area contributed by atoms with Gasteiger partial charge in [0, 0.05) is 12.8 Å². The van der Waals surface area contributed by atoms with Gasteiger partial charge in [0.25, 0.3) is 0 Å². The molecular weight excluding hydrogens is 230 g/mol. The maximum Gasteiger partial charge on any atom is 0.335 e. The molecule has 1 unspecified atom stereocenters. The Morgan fingerprint density at radius 1 is 1.28 bits per heavy atom. The Kier molecular flexibility index (Phi) is 8.46. The van der Waals surface area contributed by atoms with Crippen molar-refractivity contribution in [1.82, 2.24) is 5.32 Å². The van der Waals surface area contributed by atoms with Crippen molar-refractivity contribution in [1.29, 1.82) is 0 Å². The van der Waals surface area contributed by atoms with Crippen LogP contribution in [0.2, 0.25) is 0 Å². The van der Waals surface area contributed by atoms with E-state index in [1.807, 2.05) is 6.92 Å². The van der Waals surface area contributed by atoms with Crippen molar-refractivity contribution in [3.63, 3.8) is 0 Å². The van der Waals surface area contributed by atoms with Gasteiger partial charge in [0.1, 0.15) is 0 Å². The lowest BCUT2D eigenvalue weighted by Gasteiger charge is -2.25. The molecule has 0 aliphatic carbocycles. The van der Waals surface area contributed by atoms with Crippen LogP contribution in [-0.2, 0) is 14.3 Å². The number of hydrogen-bond acceptors (Lipinski definition) is 4. The van der Waals surface area contributed by atoms with Crippen LogP contribution in [0.25, 0.3) is 0 Å². The van der Waals surface area contributed by atoms with Crippen LogP contribution in [0.5, 0.6) is 0 Å². The zero-order valence-electron chi connectivity index (χ0n) is 12.5. The van der Waals surface area contributed by atoms with E-state index in [4.69, 9.17) is 9.47 Å². The predicted octanol–water partition coefficient (Wildman–Crippen LogP) is 2.49. The Morgan fingerprint density at radius 3 is 2.33 bits per heavy atom. The Labute approximate surface area is 111 Å². The highest BCUT2D eigenvalue weighted by Gasteiger charge is 2.17. The Morgan fingerprint density at radius 2 is 1.89 bits per heavy atom. The molecule has 1 N–H and O–H groups in total. The average Bonchev–Trinajstić information content (AvgIpc) is 2.36. The van der Waals surface area contributed by atoms with Crippen LogP contribution >= 0.6 is 0 Å². The summed E-state index contributed by atoms with van der Waals surface area (Å²) in [6.45, 7) is 10.8. The number of carbonyl (C=O) groups is 1. The molecule has 106 valence electrons. The fourth-order valence-corrected chi connectivity index (χ4v) is 1.59. The minimum Gasteiger partial charge on any atom is -0.463 e. The van der Waals surface area contributed by atoms with Crippen LogP contribution in [0.4, 0.5) is 0 Å². The lowest BCUT2D eigenvalue weighted by molar-refractivity contribution is -0.138. The van der Waals surface area contributed by atoms with E-state index in [0.717, 1.165) is 12.1 Å². The van der Waals surface area contributed by atoms with E-state index in [9.17, 15) is 4.79 Å². The highest BCUT2D eigenvalue weighted by Crippen LogP contribution is 2.12. The van der Waals surface area contributed by atoms with E-state index < -0.39 is 0 Å². The first-order valence-electron chi connectivity index (χ1n) is 6.57. The summed E-state index contributed by atoms with van der Waals surface area (Å²) in [5.74, 6) is 0.220. The van der Waals surface area contributed by atoms with Gasteiger partial charge >= 0.3 is 5.97 Å². The molecule has 0 rings (SSSR count). The Balaban J connectivity index is 4.70. The molecule has 0 aliphatic rings. The maximum absolute atomic E-state index is 11.6. The zero-order valence-corrected chi connectivity index (χ0v) is 12.5. The predicted molar refractivity (Wildman–Crippen MR) is 73.3 cm³/mol. The van der Waals surface area contributed by atoms with Crippen molar-refractivity contribution in [2.45, 2.75) is 47.1 Å². The van der Waals surface area contributed by atoms with E-state index in [-0.39, 0.29) is 12.0 Å². The number of methoxy groups -OCH3 is 1. The quantitative estimate of drug-likeness (QED) is 0.536. The molecule has 4 heteroatoms. The summed E-state index contributed by atoms with van der Waals surface area (Å²) in [5, 5.41) is 3.36. The number of hydrogen-bond donors (Lipinski definition) is 1. The van der Waals surface area contributed by atoms with Crippen molar-refractivity contribution in [2.24, 2.45) is 5.92 Å². The Hall–Kier alpha value is -1.03. The standard InChI is InChI=1S/C14H27NO3/c1-7-10(3)13(9-17-6)15-12(5)11(4)14(16)18-8-2/h10,13,15H,7-9H2,1-6H3/b12-11-/t10?,13-/m1/s1. The van der Waals surface area contributed by atoms with Gasteiger partial charge in [-0.05, 0) is 26.7 Å². The molecule has 0 spiro atoms. The van der Waals surface area contributed by atoms with Crippen LogP contribution in [0, 0.1) is 5.92 Å². The van der Waals surface area contributed by atoms with Crippen LogP contribution < -0.4 is 5.32 Å². The summed E-state index contributed by atoms with van der Waals surface area (Å²) in [4.78, 5) is 11.6. The third kappa shape index (κ3) is 5.54. The highest BCUT2D eigenvalue weighted by molar-refractivity contribution is 5.88. The molecule has 0 bridgehead atoms. The zero-order chi connectivity index (χ0) is 14.1. The molecule has 0 aliphatic heterocycles. The maximum atomic E-state index is 11.6. The molecule has 0 fully saturated rings. The highest BCUT2D eigenvalue weighted by atomic mass is 16.5. The Bertz CT molecular complexity index is 287. The van der Waals surface area contributed by atoms with Gasteiger partial charge in [-0.3, -0.25) is 0 Å². The van der Waals surface area contributed by atoms with Crippen molar-refractivity contribution in [3.05, 3.63) is 11.3 Å². The number of esters is 1. The normalized spacial score (nSPS) is 15.7. The van der Waals surface area contributed by atoms with Crippen LogP contribution in [0.3, 0.4) is 0 Å². The topological polar surface area (TPSA) is 47.6 Å². The molecule has 18 heavy (non-hydrogen) atoms. The van der Waals surface area contributed by atoms with E-state index in [1.165, 1.54) is 0 Å². The monoisotopic (exact) mass is 257 g/mol. The number of ether oxygens (including phenoxy) is 2. The molecule has 2 atom stereocenters. The fraction of sp³-hybridized carbons (Fsp3) is 0.786. The molecule has 0 radical (unpaired) electrons. The van der Waals surface area contributed by atoms with Crippen molar-refractivity contribution < 1.29 is 14.3 Å². The van der Waals surface area contributed by atoms with Gasteiger partial charge in [-0.1, -0.05) is 20.3 Å². The second kappa shape index (κ2) is 8.97. The number of allylic oxidation sites excluding steroid dienone is 1. The summed E-state index contributed by atoms with van der Waals surface area (Å²) < 4.78 is 10.2. The third-order valence-corrected chi connectivity index (χ3v) is 3.22. The third-order valence-electron chi connectivity index (χ3n) is 3.22. The molecule has 0 aromatic rings. The van der Waals surface area contributed by atoms with Gasteiger partial charge in [0.15, 0.2) is 0 Å². The van der Waals surface area contributed by atoms with Crippen molar-refractivity contribution >= 4 is 5.97 Å². The van der Waals surface area contributed by atoms with Gasteiger partial charge in [0.05, 0.1) is 24.8 Å². The smallest absolute Gasteiger partial charge is 0.335 e. The second-order valence-electron chi connectivity index (χ2n) is 4.56. The molecule has 0 amide bonds. The lowest BCUT2D eigenvalue weighted by Crippen LogP contribution is -2.38. The summed E-state index contributed by atoms with van der Waals surface area (Å²) in [6.07, 6.45) is 1.06. The van der Waals surface area contributed by atoms with Gasteiger partial charge in [-0.15, -0.1) is 0 Å². The van der Waals surface area contributed by atoms with E-state index in [2.05, 4.69) is 19.2 Å². The lowest BCUT2D eigenvalue weighted by atomic mass is 9.99. The summed E-state index contributed by atoms with van der Waals surface area (Å²) in [6, 6.07) is 0.212. The van der Waals surface area contributed by atoms with Gasteiger partial charge in [0.2, 0.25) is 0 Å². The molecule has 0 saturated heterocycles. The van der Waals surface area contributed by atoms with Crippen LogP contribution in [0.1, 0.15) is 41.0 Å². The summed E-state index contributed by atoms with van der Waals surface area (Å²) in [7, 11) is 1.69. The largest absolute Gasteiger partial charge is 0.463 e. The molecule has 0 aromatic carbocycles. The molecule has 0 aromatic heterocycles. The van der Waals surface area contributed by atoms with Gasteiger partial charge in [-0.25, -0.2) is 4.79 Å². The SMILES string of the molecule is CCOC(=O)/C(C)=C(/C)N[C@H](COC)C(C)CC. The van der Waals surface area contributed by atoms with E-state index in [0.29, 0.717) is 24.7 Å². The van der Waals surface area contributed by atoms with Gasteiger partial charge in [-0.2, -0.15) is 0 Å². The van der Waals surface area contributed by atoms with E-state index in [1.54, 1.807) is 21.0 Å². The van der Waals surface area contributed by atoms with Gasteiger partial charge < -0.3 is 14.8 Å². The summed E-state index contributed by atoms with van der Waals surface area (Å²) >= 11 is 0. The van der Waals surface area contributed by atoms with Crippen LogP contribution in [0.15, 0.2) is 11.3 Å². The first-order chi connectivity index (χ1) is 8.47. The number of carbonyl (C=O) groups excluding carboxylic acids is 1. The summed E-state index contributed by atoms with van der Waals surface area (Å²) in [5.41, 5.74) is 1.48. The fourth-order valence-electron chi connectivity index (χ4n) is 1.59. The minimum absolute atomic E-state index is 0.212. The minimum atomic E-state index is -0.261. The molecule has 4 nitrogen and oxygen atoms in total. The number of rotatable bonds is 8. The average molecular weight is 257 g/mol. The van der Waals surface area contributed by atoms with Crippen molar-refractivity contribution in [2.75, 3.05) is 20.3 Å². The number of nitrogens with one attached hydrogen (secondary N) is 1. The molecule has 0 saturated carbocycles. The second-order valence-corrected chi connectivity index (χ2v) is 4.56. The van der Waals surface area contributed by atoms with E-state index >= 15 is 0 Å². The van der Waals surface area contributed by atoms with Crippen LogP contribution in [-0.4, -0.2) is 32.3 Å². The van der Waals surface area contributed by atoms with Crippen molar-refractivity contribution in [3.8, 4) is 0 Å². The molecule has 0 heterocycles. The first-order valence-corrected chi connectivity index (χ1v) is 6.57. The molecular formula is C14H27NO3.